The van der Waals surface area contributed by atoms with Crippen molar-refractivity contribution in [2.24, 2.45) is 5.92 Å². The summed E-state index contributed by atoms with van der Waals surface area (Å²) in [5.74, 6) is 5.93. The molecule has 1 amide bonds. The average molecular weight is 548 g/mol. The highest BCUT2D eigenvalue weighted by Crippen LogP contribution is 2.34. The number of nitrogens with zero attached hydrogens (tertiary/aromatic N) is 3. The van der Waals surface area contributed by atoms with Gasteiger partial charge in [-0.05, 0) is 49.4 Å². The van der Waals surface area contributed by atoms with Crippen LogP contribution in [-0.2, 0) is 21.2 Å². The van der Waals surface area contributed by atoms with E-state index in [2.05, 4.69) is 16.8 Å². The zero-order valence-electron chi connectivity index (χ0n) is 22.3. The Labute approximate surface area is 230 Å². The monoisotopic (exact) mass is 547 g/mol. The zero-order chi connectivity index (χ0) is 28.0. The summed E-state index contributed by atoms with van der Waals surface area (Å²) in [5.41, 5.74) is 2.10. The number of sulfonamides is 1. The van der Waals surface area contributed by atoms with Crippen molar-refractivity contribution in [3.05, 3.63) is 89.7 Å². The maximum absolute atomic E-state index is 13.7. The van der Waals surface area contributed by atoms with Crippen LogP contribution in [0.2, 0.25) is 0 Å². The van der Waals surface area contributed by atoms with Gasteiger partial charge in [0.15, 0.2) is 0 Å². The molecule has 0 spiro atoms. The first-order chi connectivity index (χ1) is 18.7. The van der Waals surface area contributed by atoms with E-state index in [0.29, 0.717) is 11.3 Å². The number of hydrogen-bond acceptors (Lipinski definition) is 6. The molecule has 8 nitrogen and oxygen atoms in total. The molecule has 1 N–H and O–H groups in total. The summed E-state index contributed by atoms with van der Waals surface area (Å²) in [6.07, 6.45) is 1.29. The topological polar surface area (TPSA) is 100 Å². The second-order valence-corrected chi connectivity index (χ2v) is 11.6. The largest absolute Gasteiger partial charge is 0.487 e. The standard InChI is InChI=1S/C30H33N3O5S/c1-22-19-33(23(2)21-34)39(36,37)29-15-14-25(13-12-24-9-5-4-6-10-24)17-27(29)38-28(22)20-32(3)30(35)18-26-11-7-8-16-31-26/h4-11,14-17,22-23,28,34H,18-21H2,1-3H3/t22-,23+,28-/m0/s1. The highest BCUT2D eigenvalue weighted by Gasteiger charge is 2.38. The number of aromatic nitrogens is 1. The second-order valence-electron chi connectivity index (χ2n) is 9.79. The molecule has 204 valence electrons. The van der Waals surface area contributed by atoms with Crippen molar-refractivity contribution in [2.75, 3.05) is 26.7 Å². The maximum atomic E-state index is 13.7. The Morgan fingerprint density at radius 1 is 1.13 bits per heavy atom. The normalized spacial score (nSPS) is 19.3. The van der Waals surface area contributed by atoms with Crippen LogP contribution < -0.4 is 4.74 Å². The third kappa shape index (κ3) is 6.84. The van der Waals surface area contributed by atoms with Crippen LogP contribution in [0.3, 0.4) is 0 Å². The molecule has 1 aromatic heterocycles. The molecule has 0 aliphatic carbocycles. The van der Waals surface area contributed by atoms with Crippen LogP contribution in [0.15, 0.2) is 77.8 Å². The number of fused-ring (bicyclic) bond motifs is 1. The smallest absolute Gasteiger partial charge is 0.247 e. The number of rotatable bonds is 6. The average Bonchev–Trinajstić information content (AvgIpc) is 2.94. The molecule has 2 aromatic carbocycles. The molecule has 0 saturated heterocycles. The van der Waals surface area contributed by atoms with E-state index in [-0.39, 0.29) is 48.6 Å². The molecule has 3 aromatic rings. The number of likely N-dealkylation sites (N-methyl/N-ethyl adjacent to an activating group) is 1. The molecule has 4 rings (SSSR count). The van der Waals surface area contributed by atoms with E-state index in [1.807, 2.05) is 43.3 Å². The number of ether oxygens (including phenoxy) is 1. The van der Waals surface area contributed by atoms with Crippen LogP contribution in [0.5, 0.6) is 5.75 Å². The van der Waals surface area contributed by atoms with Gasteiger partial charge in [-0.15, -0.1) is 0 Å². The predicted octanol–water partition coefficient (Wildman–Crippen LogP) is 2.95. The fourth-order valence-corrected chi connectivity index (χ4v) is 6.18. The van der Waals surface area contributed by atoms with Gasteiger partial charge >= 0.3 is 0 Å². The van der Waals surface area contributed by atoms with E-state index in [0.717, 1.165) is 5.56 Å². The van der Waals surface area contributed by atoms with Gasteiger partial charge < -0.3 is 14.7 Å². The number of carbonyl (C=O) groups excluding carboxylic acids is 1. The van der Waals surface area contributed by atoms with E-state index in [1.54, 1.807) is 49.3 Å². The van der Waals surface area contributed by atoms with Crippen LogP contribution in [0.4, 0.5) is 0 Å². The lowest BCUT2D eigenvalue weighted by Crippen LogP contribution is -2.50. The van der Waals surface area contributed by atoms with E-state index in [1.165, 1.54) is 10.4 Å². The molecule has 3 atom stereocenters. The molecule has 0 unspecified atom stereocenters. The van der Waals surface area contributed by atoms with Crippen LogP contribution >= 0.6 is 0 Å². The third-order valence-electron chi connectivity index (χ3n) is 6.73. The summed E-state index contributed by atoms with van der Waals surface area (Å²) in [4.78, 5) is 18.8. The molecule has 0 fully saturated rings. The van der Waals surface area contributed by atoms with E-state index >= 15 is 0 Å². The molecule has 39 heavy (non-hydrogen) atoms. The molecule has 2 heterocycles. The van der Waals surface area contributed by atoms with Gasteiger partial charge in [-0.3, -0.25) is 9.78 Å². The summed E-state index contributed by atoms with van der Waals surface area (Å²) < 4.78 is 35.0. The molecule has 1 aliphatic heterocycles. The summed E-state index contributed by atoms with van der Waals surface area (Å²) in [7, 11) is -2.27. The number of aliphatic hydroxyl groups excluding tert-OH is 1. The van der Waals surface area contributed by atoms with Crippen molar-refractivity contribution in [1.82, 2.24) is 14.2 Å². The number of hydrogen-bond donors (Lipinski definition) is 1. The maximum Gasteiger partial charge on any atom is 0.247 e. The fraction of sp³-hybridized carbons (Fsp3) is 0.333. The van der Waals surface area contributed by atoms with Gasteiger partial charge in [0.25, 0.3) is 0 Å². The Bertz CT molecular complexity index is 1450. The van der Waals surface area contributed by atoms with E-state index in [4.69, 9.17) is 4.74 Å². The molecular weight excluding hydrogens is 514 g/mol. The summed E-state index contributed by atoms with van der Waals surface area (Å²) in [5, 5.41) is 9.85. The highest BCUT2D eigenvalue weighted by molar-refractivity contribution is 7.89. The molecule has 0 saturated carbocycles. The Kier molecular flexibility index (Phi) is 9.02. The van der Waals surface area contributed by atoms with Crippen molar-refractivity contribution in [2.45, 2.75) is 37.3 Å². The minimum Gasteiger partial charge on any atom is -0.487 e. The summed E-state index contributed by atoms with van der Waals surface area (Å²) >= 11 is 0. The SMILES string of the molecule is C[C@H](CO)N1C[C@H](C)[C@H](CN(C)C(=O)Cc2ccccn2)Oc2cc(C#Cc3ccccc3)ccc2S1(=O)=O. The van der Waals surface area contributed by atoms with Gasteiger partial charge in [-0.2, -0.15) is 4.31 Å². The molecular formula is C30H33N3O5S. The first-order valence-electron chi connectivity index (χ1n) is 12.8. The number of amides is 1. The Morgan fingerprint density at radius 3 is 2.54 bits per heavy atom. The minimum absolute atomic E-state index is 0.00688. The molecule has 0 bridgehead atoms. The number of aliphatic hydroxyl groups is 1. The van der Waals surface area contributed by atoms with Gasteiger partial charge in [-0.25, -0.2) is 8.42 Å². The Balaban J connectivity index is 1.67. The molecule has 9 heteroatoms. The quantitative estimate of drug-likeness (QED) is 0.477. The molecule has 1 aliphatic rings. The van der Waals surface area contributed by atoms with Gasteiger partial charge in [0.2, 0.25) is 15.9 Å². The highest BCUT2D eigenvalue weighted by atomic mass is 32.2. The predicted molar refractivity (Wildman–Crippen MR) is 148 cm³/mol. The molecule has 0 radical (unpaired) electrons. The van der Waals surface area contributed by atoms with Crippen LogP contribution in [-0.4, -0.2) is 72.5 Å². The van der Waals surface area contributed by atoms with Crippen molar-refractivity contribution >= 4 is 15.9 Å². The van der Waals surface area contributed by atoms with E-state index in [9.17, 15) is 18.3 Å². The Hall–Kier alpha value is -3.71. The first kappa shape index (κ1) is 28.3. The summed E-state index contributed by atoms with van der Waals surface area (Å²) in [6, 6.07) is 19.1. The lowest BCUT2D eigenvalue weighted by atomic mass is 10.0. The van der Waals surface area contributed by atoms with Crippen molar-refractivity contribution in [3.8, 4) is 17.6 Å². The minimum atomic E-state index is -3.97. The number of carbonyl (C=O) groups is 1. The third-order valence-corrected chi connectivity index (χ3v) is 8.75. The van der Waals surface area contributed by atoms with Gasteiger partial charge in [0.05, 0.1) is 19.6 Å². The fourth-order valence-electron chi connectivity index (χ4n) is 4.35. The summed E-state index contributed by atoms with van der Waals surface area (Å²) in [6.45, 7) is 3.61. The lowest BCUT2D eigenvalue weighted by Gasteiger charge is -2.37. The van der Waals surface area contributed by atoms with E-state index < -0.39 is 22.2 Å². The van der Waals surface area contributed by atoms with Crippen LogP contribution in [0.25, 0.3) is 0 Å². The van der Waals surface area contributed by atoms with Crippen molar-refractivity contribution in [1.29, 1.82) is 0 Å². The number of pyridine rings is 1. The Morgan fingerprint density at radius 2 is 1.85 bits per heavy atom. The van der Waals surface area contributed by atoms with Crippen molar-refractivity contribution in [3.63, 3.8) is 0 Å². The first-order valence-corrected chi connectivity index (χ1v) is 14.3. The van der Waals surface area contributed by atoms with Crippen molar-refractivity contribution < 1.29 is 23.1 Å². The lowest BCUT2D eigenvalue weighted by molar-refractivity contribution is -0.130. The van der Waals surface area contributed by atoms with Gasteiger partial charge in [-0.1, -0.05) is 43.0 Å². The van der Waals surface area contributed by atoms with Gasteiger partial charge in [0.1, 0.15) is 16.7 Å². The van der Waals surface area contributed by atoms with Gasteiger partial charge in [0, 0.05) is 48.6 Å². The second kappa shape index (κ2) is 12.4. The van der Waals surface area contributed by atoms with Crippen LogP contribution in [0, 0.1) is 17.8 Å². The van der Waals surface area contributed by atoms with Crippen LogP contribution in [0.1, 0.15) is 30.7 Å². The number of benzene rings is 2. The zero-order valence-corrected chi connectivity index (χ0v) is 23.1.